The molecule has 8 heteroatoms. The zero-order valence-corrected chi connectivity index (χ0v) is 12.6. The Balaban J connectivity index is 3.15. The second-order valence-corrected chi connectivity index (χ2v) is 8.62. The van der Waals surface area contributed by atoms with Crippen molar-refractivity contribution in [1.82, 2.24) is 0 Å². The molecule has 0 aliphatic heterocycles. The third-order valence-corrected chi connectivity index (χ3v) is 7.65. The van der Waals surface area contributed by atoms with Crippen molar-refractivity contribution in [2.24, 2.45) is 0 Å². The SMILES string of the molecule is CCOC(O)CSSSSCC(O)OCC. The molecule has 0 aromatic rings. The van der Waals surface area contributed by atoms with E-state index in [0.717, 1.165) is 0 Å². The highest BCUT2D eigenvalue weighted by molar-refractivity contribution is 9.26. The molecule has 0 bridgehead atoms. The standard InChI is InChI=1S/C8H18O4S4/c1-3-11-7(9)5-13-15-16-14-6-8(10)12-4-2/h7-10H,3-6H2,1-2H3. The van der Waals surface area contributed by atoms with E-state index in [1.807, 2.05) is 13.8 Å². The van der Waals surface area contributed by atoms with E-state index in [2.05, 4.69) is 0 Å². The van der Waals surface area contributed by atoms with E-state index < -0.39 is 12.6 Å². The maximum atomic E-state index is 9.23. The molecule has 2 N–H and O–H groups in total. The molecule has 0 saturated heterocycles. The first-order chi connectivity index (χ1) is 7.70. The van der Waals surface area contributed by atoms with E-state index in [-0.39, 0.29) is 0 Å². The zero-order chi connectivity index (χ0) is 12.2. The topological polar surface area (TPSA) is 58.9 Å². The van der Waals surface area contributed by atoms with Crippen LogP contribution in [0.15, 0.2) is 0 Å². The van der Waals surface area contributed by atoms with Crippen molar-refractivity contribution in [2.75, 3.05) is 24.7 Å². The van der Waals surface area contributed by atoms with Crippen molar-refractivity contribution >= 4 is 41.2 Å². The Labute approximate surface area is 112 Å². The molecule has 0 aliphatic carbocycles. The summed E-state index contributed by atoms with van der Waals surface area (Å²) in [6.45, 7) is 4.74. The second kappa shape index (κ2) is 12.7. The van der Waals surface area contributed by atoms with Crippen LogP contribution in [-0.2, 0) is 9.47 Å². The molecule has 0 radical (unpaired) electrons. The molecule has 0 spiro atoms. The minimum atomic E-state index is -0.692. The van der Waals surface area contributed by atoms with Gasteiger partial charge >= 0.3 is 0 Å². The maximum Gasteiger partial charge on any atom is 0.164 e. The van der Waals surface area contributed by atoms with Gasteiger partial charge in [-0.25, -0.2) is 0 Å². The van der Waals surface area contributed by atoms with Crippen LogP contribution < -0.4 is 0 Å². The van der Waals surface area contributed by atoms with Crippen LogP contribution in [0.1, 0.15) is 13.8 Å². The van der Waals surface area contributed by atoms with Crippen molar-refractivity contribution in [3.63, 3.8) is 0 Å². The van der Waals surface area contributed by atoms with Gasteiger partial charge in [0, 0.05) is 13.2 Å². The van der Waals surface area contributed by atoms with Gasteiger partial charge in [0.25, 0.3) is 0 Å². The molecule has 0 aromatic heterocycles. The van der Waals surface area contributed by atoms with Crippen molar-refractivity contribution in [3.05, 3.63) is 0 Å². The largest absolute Gasteiger partial charge is 0.367 e. The molecule has 0 heterocycles. The summed E-state index contributed by atoms with van der Waals surface area (Å²) in [5.41, 5.74) is 0. The minimum absolute atomic E-state index is 0.523. The molecule has 0 aliphatic rings. The van der Waals surface area contributed by atoms with E-state index in [1.54, 1.807) is 19.7 Å². The Morgan fingerprint density at radius 2 is 1.25 bits per heavy atom. The molecule has 0 fully saturated rings. The summed E-state index contributed by atoms with van der Waals surface area (Å²) >= 11 is 0. The fourth-order valence-corrected chi connectivity index (χ4v) is 6.40. The summed E-state index contributed by atoms with van der Waals surface area (Å²) in [6, 6.07) is 0. The Morgan fingerprint density at radius 1 is 0.875 bits per heavy atom. The lowest BCUT2D eigenvalue weighted by molar-refractivity contribution is -0.0767. The lowest BCUT2D eigenvalue weighted by Crippen LogP contribution is -2.14. The van der Waals surface area contributed by atoms with E-state index in [4.69, 9.17) is 9.47 Å². The van der Waals surface area contributed by atoms with Gasteiger partial charge in [-0.2, -0.15) is 0 Å². The summed E-state index contributed by atoms with van der Waals surface area (Å²) < 4.78 is 9.93. The van der Waals surface area contributed by atoms with Gasteiger partial charge in [-0.05, 0) is 33.5 Å². The average molecular weight is 306 g/mol. The van der Waals surface area contributed by atoms with E-state index in [0.29, 0.717) is 24.7 Å². The molecule has 0 aromatic carbocycles. The van der Waals surface area contributed by atoms with Crippen LogP contribution in [0.4, 0.5) is 0 Å². The Morgan fingerprint density at radius 3 is 1.56 bits per heavy atom. The van der Waals surface area contributed by atoms with Gasteiger partial charge in [0.05, 0.1) is 11.5 Å². The number of hydrogen-bond acceptors (Lipinski definition) is 8. The van der Waals surface area contributed by atoms with Gasteiger partial charge in [-0.15, -0.1) is 0 Å². The first kappa shape index (κ1) is 17.2. The highest BCUT2D eigenvalue weighted by Gasteiger charge is 2.05. The monoisotopic (exact) mass is 306 g/mol. The number of ether oxygens (including phenoxy) is 2. The van der Waals surface area contributed by atoms with Crippen LogP contribution in [0.3, 0.4) is 0 Å². The third-order valence-electron chi connectivity index (χ3n) is 1.26. The molecule has 0 amide bonds. The van der Waals surface area contributed by atoms with E-state index in [9.17, 15) is 10.2 Å². The van der Waals surface area contributed by atoms with E-state index in [1.165, 1.54) is 21.6 Å². The van der Waals surface area contributed by atoms with Gasteiger partial charge in [0.15, 0.2) is 12.6 Å². The Bertz CT molecular complexity index is 136. The number of hydrogen-bond donors (Lipinski definition) is 2. The molecule has 16 heavy (non-hydrogen) atoms. The van der Waals surface area contributed by atoms with Crippen molar-refractivity contribution < 1.29 is 19.7 Å². The normalized spacial score (nSPS) is 15.0. The van der Waals surface area contributed by atoms with Crippen LogP contribution in [0.25, 0.3) is 0 Å². The van der Waals surface area contributed by atoms with E-state index >= 15 is 0 Å². The molecule has 2 unspecified atom stereocenters. The Hall–Kier alpha value is 1.24. The highest BCUT2D eigenvalue weighted by atomic mass is 33.7. The zero-order valence-electron chi connectivity index (χ0n) is 9.33. The predicted molar refractivity (Wildman–Crippen MR) is 75.4 cm³/mol. The molecular formula is C8H18O4S4. The van der Waals surface area contributed by atoms with Gasteiger partial charge in [-0.3, -0.25) is 0 Å². The molecule has 2 atom stereocenters. The van der Waals surface area contributed by atoms with Crippen LogP contribution in [0.5, 0.6) is 0 Å². The lowest BCUT2D eigenvalue weighted by Gasteiger charge is -2.10. The minimum Gasteiger partial charge on any atom is -0.367 e. The number of aliphatic hydroxyl groups is 2. The van der Waals surface area contributed by atoms with Crippen molar-refractivity contribution in [1.29, 1.82) is 0 Å². The lowest BCUT2D eigenvalue weighted by atomic mass is 10.7. The average Bonchev–Trinajstić information content (AvgIpc) is 2.24. The number of rotatable bonds is 11. The van der Waals surface area contributed by atoms with Crippen LogP contribution in [-0.4, -0.2) is 47.5 Å². The van der Waals surface area contributed by atoms with Crippen LogP contribution >= 0.6 is 41.2 Å². The quantitative estimate of drug-likeness (QED) is 0.343. The summed E-state index contributed by atoms with van der Waals surface area (Å²) in [5, 5.41) is 18.5. The fraction of sp³-hybridized carbons (Fsp3) is 1.00. The van der Waals surface area contributed by atoms with Gasteiger partial charge in [-0.1, -0.05) is 21.6 Å². The maximum absolute atomic E-state index is 9.23. The Kier molecular flexibility index (Phi) is 13.7. The van der Waals surface area contributed by atoms with Crippen LogP contribution in [0, 0.1) is 0 Å². The molecule has 0 saturated carbocycles. The third kappa shape index (κ3) is 11.7. The number of aliphatic hydroxyl groups excluding tert-OH is 2. The summed E-state index contributed by atoms with van der Waals surface area (Å²) in [4.78, 5) is 0. The molecule has 98 valence electrons. The summed E-state index contributed by atoms with van der Waals surface area (Å²) in [5.74, 6) is 1.08. The summed E-state index contributed by atoms with van der Waals surface area (Å²) in [7, 11) is 6.17. The van der Waals surface area contributed by atoms with Crippen LogP contribution in [0.2, 0.25) is 0 Å². The molecule has 4 nitrogen and oxygen atoms in total. The predicted octanol–water partition coefficient (Wildman–Crippen LogP) is 2.37. The first-order valence-electron chi connectivity index (χ1n) is 4.87. The molecular weight excluding hydrogens is 288 g/mol. The van der Waals surface area contributed by atoms with Crippen molar-refractivity contribution in [2.45, 2.75) is 26.4 Å². The van der Waals surface area contributed by atoms with Crippen molar-refractivity contribution in [3.8, 4) is 0 Å². The first-order valence-corrected chi connectivity index (χ1v) is 10.0. The molecule has 0 rings (SSSR count). The van der Waals surface area contributed by atoms with Gasteiger partial charge in [0.1, 0.15) is 0 Å². The van der Waals surface area contributed by atoms with Gasteiger partial charge < -0.3 is 19.7 Å². The van der Waals surface area contributed by atoms with Gasteiger partial charge in [0.2, 0.25) is 0 Å². The highest BCUT2D eigenvalue weighted by Crippen LogP contribution is 2.43. The fourth-order valence-electron chi connectivity index (χ4n) is 0.692. The summed E-state index contributed by atoms with van der Waals surface area (Å²) in [6.07, 6.45) is -1.38. The second-order valence-electron chi connectivity index (χ2n) is 2.53. The smallest absolute Gasteiger partial charge is 0.164 e.